The SMILES string of the molecule is CC[C@](N)(CO)CCc1sccc1Cl. The van der Waals surface area contributed by atoms with Crippen LogP contribution in [0.1, 0.15) is 24.6 Å². The van der Waals surface area contributed by atoms with Crippen LogP contribution >= 0.6 is 22.9 Å². The first-order chi connectivity index (χ1) is 6.61. The molecule has 1 rings (SSSR count). The molecule has 0 aliphatic rings. The Kier molecular flexibility index (Phi) is 4.38. The lowest BCUT2D eigenvalue weighted by atomic mass is 9.92. The van der Waals surface area contributed by atoms with Gasteiger partial charge >= 0.3 is 0 Å². The maximum Gasteiger partial charge on any atom is 0.0611 e. The van der Waals surface area contributed by atoms with Gasteiger partial charge in [0, 0.05) is 10.4 Å². The summed E-state index contributed by atoms with van der Waals surface area (Å²) in [5.41, 5.74) is 5.52. The third-order valence-corrected chi connectivity index (χ3v) is 4.01. The average molecular weight is 234 g/mol. The Morgan fingerprint density at radius 1 is 1.64 bits per heavy atom. The van der Waals surface area contributed by atoms with Crippen molar-refractivity contribution in [3.8, 4) is 0 Å². The predicted molar refractivity (Wildman–Crippen MR) is 61.9 cm³/mol. The number of hydrogen-bond donors (Lipinski definition) is 2. The molecule has 14 heavy (non-hydrogen) atoms. The van der Waals surface area contributed by atoms with Crippen molar-refractivity contribution in [2.45, 2.75) is 31.7 Å². The molecule has 3 N–H and O–H groups in total. The first-order valence-corrected chi connectivity index (χ1v) is 5.98. The lowest BCUT2D eigenvalue weighted by molar-refractivity contribution is 0.183. The summed E-state index contributed by atoms with van der Waals surface area (Å²) in [6.07, 6.45) is 2.41. The van der Waals surface area contributed by atoms with E-state index < -0.39 is 5.54 Å². The average Bonchev–Trinajstić information content (AvgIpc) is 2.61. The monoisotopic (exact) mass is 233 g/mol. The summed E-state index contributed by atoms with van der Waals surface area (Å²) in [5.74, 6) is 0. The Hall–Kier alpha value is -0.0900. The van der Waals surface area contributed by atoms with Gasteiger partial charge in [0.25, 0.3) is 0 Å². The Bertz CT molecular complexity index is 283. The minimum absolute atomic E-state index is 0.0342. The summed E-state index contributed by atoms with van der Waals surface area (Å²) in [4.78, 5) is 1.16. The Morgan fingerprint density at radius 3 is 2.79 bits per heavy atom. The molecule has 0 radical (unpaired) electrons. The standard InChI is InChI=1S/C10H16ClNOS/c1-2-10(12,7-13)5-3-9-8(11)4-6-14-9/h4,6,13H,2-3,5,7,12H2,1H3/t10-/m1/s1. The summed E-state index contributed by atoms with van der Waals surface area (Å²) < 4.78 is 0. The Labute approximate surface area is 93.7 Å². The number of aliphatic hydroxyl groups is 1. The van der Waals surface area contributed by atoms with Crippen LogP contribution in [0.2, 0.25) is 5.02 Å². The molecule has 1 aromatic heterocycles. The lowest BCUT2D eigenvalue weighted by Crippen LogP contribution is -2.43. The summed E-state index contributed by atoms with van der Waals surface area (Å²) in [6.45, 7) is 2.03. The van der Waals surface area contributed by atoms with Gasteiger partial charge in [-0.2, -0.15) is 0 Å². The van der Waals surface area contributed by atoms with Crippen LogP contribution in [0.15, 0.2) is 11.4 Å². The highest BCUT2D eigenvalue weighted by molar-refractivity contribution is 7.10. The fourth-order valence-corrected chi connectivity index (χ4v) is 2.37. The van der Waals surface area contributed by atoms with Crippen LogP contribution in [-0.4, -0.2) is 17.3 Å². The molecule has 0 saturated carbocycles. The highest BCUT2D eigenvalue weighted by Gasteiger charge is 2.21. The molecule has 1 heterocycles. The van der Waals surface area contributed by atoms with E-state index >= 15 is 0 Å². The van der Waals surface area contributed by atoms with E-state index in [2.05, 4.69) is 0 Å². The zero-order valence-corrected chi connectivity index (χ0v) is 9.87. The largest absolute Gasteiger partial charge is 0.394 e. The third kappa shape index (κ3) is 2.95. The molecule has 0 amide bonds. The van der Waals surface area contributed by atoms with Crippen molar-refractivity contribution >= 4 is 22.9 Å². The van der Waals surface area contributed by atoms with Gasteiger partial charge in [0.05, 0.1) is 11.6 Å². The summed E-state index contributed by atoms with van der Waals surface area (Å²) >= 11 is 7.60. The van der Waals surface area contributed by atoms with Crippen molar-refractivity contribution in [3.05, 3.63) is 21.3 Å². The van der Waals surface area contributed by atoms with Crippen molar-refractivity contribution in [2.24, 2.45) is 5.73 Å². The number of halogens is 1. The normalized spacial score (nSPS) is 15.4. The summed E-state index contributed by atoms with van der Waals surface area (Å²) in [6, 6.07) is 1.89. The van der Waals surface area contributed by atoms with E-state index in [0.29, 0.717) is 0 Å². The van der Waals surface area contributed by atoms with Crippen molar-refractivity contribution in [2.75, 3.05) is 6.61 Å². The van der Waals surface area contributed by atoms with Crippen LogP contribution in [-0.2, 0) is 6.42 Å². The second kappa shape index (κ2) is 5.12. The molecule has 0 aliphatic heterocycles. The van der Waals surface area contributed by atoms with E-state index in [4.69, 9.17) is 22.4 Å². The number of hydrogen-bond acceptors (Lipinski definition) is 3. The van der Waals surface area contributed by atoms with Gasteiger partial charge in [-0.3, -0.25) is 0 Å². The van der Waals surface area contributed by atoms with E-state index in [1.54, 1.807) is 11.3 Å². The molecular weight excluding hydrogens is 218 g/mol. The van der Waals surface area contributed by atoms with Gasteiger partial charge in [-0.1, -0.05) is 18.5 Å². The fraction of sp³-hybridized carbons (Fsp3) is 0.600. The minimum atomic E-state index is -0.451. The summed E-state index contributed by atoms with van der Waals surface area (Å²) in [7, 11) is 0. The minimum Gasteiger partial charge on any atom is -0.394 e. The van der Waals surface area contributed by atoms with Gasteiger partial charge in [-0.15, -0.1) is 11.3 Å². The third-order valence-electron chi connectivity index (χ3n) is 2.56. The fourth-order valence-electron chi connectivity index (χ4n) is 1.23. The first kappa shape index (κ1) is 12.0. The predicted octanol–water partition coefficient (Wildman–Crippen LogP) is 2.43. The number of aryl methyl sites for hydroxylation is 1. The van der Waals surface area contributed by atoms with Crippen molar-refractivity contribution in [1.82, 2.24) is 0 Å². The Balaban J connectivity index is 2.52. The van der Waals surface area contributed by atoms with E-state index in [0.717, 1.165) is 29.2 Å². The van der Waals surface area contributed by atoms with E-state index in [-0.39, 0.29) is 6.61 Å². The zero-order valence-electron chi connectivity index (χ0n) is 8.29. The van der Waals surface area contributed by atoms with Crippen LogP contribution in [0.5, 0.6) is 0 Å². The molecule has 0 aliphatic carbocycles. The van der Waals surface area contributed by atoms with Gasteiger partial charge in [-0.25, -0.2) is 0 Å². The zero-order chi connectivity index (χ0) is 10.6. The van der Waals surface area contributed by atoms with Crippen LogP contribution < -0.4 is 5.73 Å². The second-order valence-corrected chi connectivity index (χ2v) is 4.97. The van der Waals surface area contributed by atoms with Crippen LogP contribution in [0.25, 0.3) is 0 Å². The molecule has 2 nitrogen and oxygen atoms in total. The lowest BCUT2D eigenvalue weighted by Gasteiger charge is -2.25. The molecule has 0 spiro atoms. The summed E-state index contributed by atoms with van der Waals surface area (Å²) in [5, 5.41) is 11.9. The number of aliphatic hydroxyl groups excluding tert-OH is 1. The molecule has 80 valence electrons. The molecule has 1 atom stereocenters. The smallest absolute Gasteiger partial charge is 0.0611 e. The molecule has 0 saturated heterocycles. The molecule has 0 aromatic carbocycles. The molecule has 0 unspecified atom stereocenters. The van der Waals surface area contributed by atoms with Crippen molar-refractivity contribution < 1.29 is 5.11 Å². The van der Waals surface area contributed by atoms with Gasteiger partial charge in [0.15, 0.2) is 0 Å². The molecular formula is C10H16ClNOS. The maximum absolute atomic E-state index is 9.13. The van der Waals surface area contributed by atoms with Gasteiger partial charge in [0.1, 0.15) is 0 Å². The molecule has 0 bridgehead atoms. The first-order valence-electron chi connectivity index (χ1n) is 4.73. The van der Waals surface area contributed by atoms with Crippen LogP contribution in [0, 0.1) is 0 Å². The van der Waals surface area contributed by atoms with Gasteiger partial charge in [0.2, 0.25) is 0 Å². The van der Waals surface area contributed by atoms with E-state index in [1.165, 1.54) is 0 Å². The van der Waals surface area contributed by atoms with Crippen LogP contribution in [0.4, 0.5) is 0 Å². The topological polar surface area (TPSA) is 46.2 Å². The van der Waals surface area contributed by atoms with E-state index in [1.807, 2.05) is 18.4 Å². The van der Waals surface area contributed by atoms with E-state index in [9.17, 15) is 0 Å². The number of rotatable bonds is 5. The number of thiophene rings is 1. The quantitative estimate of drug-likeness (QED) is 0.821. The maximum atomic E-state index is 9.13. The van der Waals surface area contributed by atoms with Crippen LogP contribution in [0.3, 0.4) is 0 Å². The second-order valence-electron chi connectivity index (χ2n) is 3.57. The molecule has 0 fully saturated rings. The highest BCUT2D eigenvalue weighted by atomic mass is 35.5. The van der Waals surface area contributed by atoms with Gasteiger partial charge in [-0.05, 0) is 30.7 Å². The van der Waals surface area contributed by atoms with Crippen molar-refractivity contribution in [1.29, 1.82) is 0 Å². The Morgan fingerprint density at radius 2 is 2.36 bits per heavy atom. The van der Waals surface area contributed by atoms with Gasteiger partial charge < -0.3 is 10.8 Å². The highest BCUT2D eigenvalue weighted by Crippen LogP contribution is 2.25. The molecule has 4 heteroatoms. The number of nitrogens with two attached hydrogens (primary N) is 1. The molecule has 1 aromatic rings. The van der Waals surface area contributed by atoms with Crippen molar-refractivity contribution in [3.63, 3.8) is 0 Å².